The quantitative estimate of drug-likeness (QED) is 0.675. The van der Waals surface area contributed by atoms with Crippen LogP contribution >= 0.6 is 0 Å². The zero-order valence-corrected chi connectivity index (χ0v) is 7.16. The number of anilines is 1. The molecule has 0 saturated carbocycles. The predicted octanol–water partition coefficient (Wildman–Crippen LogP) is 1.31. The van der Waals surface area contributed by atoms with Gasteiger partial charge in [0.15, 0.2) is 0 Å². The molecule has 0 heterocycles. The number of nitrogens with one attached hydrogen (secondary N) is 2. The molecule has 0 aliphatic heterocycles. The molecule has 2 amide bonds. The third kappa shape index (κ3) is 2.49. The van der Waals surface area contributed by atoms with E-state index in [1.165, 1.54) is 0 Å². The molecule has 13 heavy (non-hydrogen) atoms. The number of rotatable bonds is 1. The normalized spacial score (nSPS) is 8.62. The van der Waals surface area contributed by atoms with Gasteiger partial charge in [-0.05, 0) is 24.3 Å². The molecule has 0 fully saturated rings. The summed E-state index contributed by atoms with van der Waals surface area (Å²) in [5.41, 5.74) is 1.24. The Hall–Kier alpha value is -2.02. The first-order chi connectivity index (χ1) is 6.26. The van der Waals surface area contributed by atoms with Gasteiger partial charge in [0.2, 0.25) is 0 Å². The van der Waals surface area contributed by atoms with Crippen molar-refractivity contribution in [3.8, 4) is 6.07 Å². The van der Waals surface area contributed by atoms with Crippen molar-refractivity contribution in [3.63, 3.8) is 0 Å². The van der Waals surface area contributed by atoms with Crippen LogP contribution in [0.1, 0.15) is 5.56 Å². The predicted molar refractivity (Wildman–Crippen MR) is 49.2 cm³/mol. The van der Waals surface area contributed by atoms with E-state index in [0.717, 1.165) is 0 Å². The standard InChI is InChI=1S/C9H9N3O/c1-11-9(13)12-8-4-2-7(6-10)3-5-8/h2-5H,1H3,(H2,11,12,13). The van der Waals surface area contributed by atoms with E-state index in [1.54, 1.807) is 31.3 Å². The number of hydrogen-bond acceptors (Lipinski definition) is 2. The maximum Gasteiger partial charge on any atom is 0.318 e. The smallest absolute Gasteiger partial charge is 0.318 e. The molecule has 1 aromatic rings. The Bertz CT molecular complexity index is 337. The fraction of sp³-hybridized carbons (Fsp3) is 0.111. The SMILES string of the molecule is CNC(=O)Nc1ccc(C#N)cc1. The zero-order valence-electron chi connectivity index (χ0n) is 7.16. The minimum absolute atomic E-state index is 0.273. The summed E-state index contributed by atoms with van der Waals surface area (Å²) in [7, 11) is 1.54. The molecule has 0 radical (unpaired) electrons. The van der Waals surface area contributed by atoms with E-state index < -0.39 is 0 Å². The van der Waals surface area contributed by atoms with Gasteiger partial charge in [-0.1, -0.05) is 0 Å². The van der Waals surface area contributed by atoms with Crippen molar-refractivity contribution >= 4 is 11.7 Å². The summed E-state index contributed by atoms with van der Waals surface area (Å²) in [6, 6.07) is 8.36. The molecule has 4 nitrogen and oxygen atoms in total. The first kappa shape index (κ1) is 9.07. The lowest BCUT2D eigenvalue weighted by molar-refractivity contribution is 0.254. The summed E-state index contributed by atoms with van der Waals surface area (Å²) in [4.78, 5) is 10.8. The third-order valence-corrected chi connectivity index (χ3v) is 1.50. The van der Waals surface area contributed by atoms with E-state index in [2.05, 4.69) is 10.6 Å². The van der Waals surface area contributed by atoms with Gasteiger partial charge in [0, 0.05) is 12.7 Å². The van der Waals surface area contributed by atoms with Crippen LogP contribution in [0.25, 0.3) is 0 Å². The van der Waals surface area contributed by atoms with E-state index in [4.69, 9.17) is 5.26 Å². The Kier molecular flexibility index (Phi) is 2.87. The van der Waals surface area contributed by atoms with E-state index in [9.17, 15) is 4.79 Å². The van der Waals surface area contributed by atoms with Crippen molar-refractivity contribution in [2.24, 2.45) is 0 Å². The van der Waals surface area contributed by atoms with Gasteiger partial charge in [0.05, 0.1) is 11.6 Å². The van der Waals surface area contributed by atoms with Gasteiger partial charge in [0.25, 0.3) is 0 Å². The van der Waals surface area contributed by atoms with Gasteiger partial charge < -0.3 is 10.6 Å². The first-order valence-corrected chi connectivity index (χ1v) is 3.75. The Labute approximate surface area is 76.2 Å². The van der Waals surface area contributed by atoms with E-state index in [0.29, 0.717) is 11.3 Å². The molecule has 1 rings (SSSR count). The van der Waals surface area contributed by atoms with Crippen LogP contribution in [0.15, 0.2) is 24.3 Å². The second-order valence-electron chi connectivity index (χ2n) is 2.39. The maximum atomic E-state index is 10.8. The highest BCUT2D eigenvalue weighted by Gasteiger charge is 1.97. The summed E-state index contributed by atoms with van der Waals surface area (Å²) >= 11 is 0. The molecular formula is C9H9N3O. The molecule has 1 aromatic carbocycles. The summed E-state index contributed by atoms with van der Waals surface area (Å²) in [5, 5.41) is 13.5. The lowest BCUT2D eigenvalue weighted by Gasteiger charge is -2.02. The second-order valence-corrected chi connectivity index (χ2v) is 2.39. The minimum atomic E-state index is -0.273. The number of nitriles is 1. The molecule has 0 bridgehead atoms. The molecule has 0 unspecified atom stereocenters. The van der Waals surface area contributed by atoms with Crippen molar-refractivity contribution in [2.45, 2.75) is 0 Å². The Balaban J connectivity index is 2.71. The van der Waals surface area contributed by atoms with Crippen molar-refractivity contribution < 1.29 is 4.79 Å². The molecule has 4 heteroatoms. The molecule has 2 N–H and O–H groups in total. The molecule has 0 aliphatic carbocycles. The van der Waals surface area contributed by atoms with Crippen molar-refractivity contribution in [1.29, 1.82) is 5.26 Å². The number of carbonyl (C=O) groups is 1. The maximum absolute atomic E-state index is 10.8. The van der Waals surface area contributed by atoms with E-state index in [-0.39, 0.29) is 6.03 Å². The highest BCUT2D eigenvalue weighted by atomic mass is 16.2. The van der Waals surface area contributed by atoms with Crippen LogP contribution in [0.2, 0.25) is 0 Å². The van der Waals surface area contributed by atoms with Crippen LogP contribution in [-0.2, 0) is 0 Å². The highest BCUT2D eigenvalue weighted by molar-refractivity contribution is 5.88. The number of benzene rings is 1. The minimum Gasteiger partial charge on any atom is -0.341 e. The molecule has 0 aliphatic rings. The molecule has 0 aromatic heterocycles. The van der Waals surface area contributed by atoms with Crippen LogP contribution in [0.3, 0.4) is 0 Å². The number of urea groups is 1. The Morgan fingerprint density at radius 3 is 2.46 bits per heavy atom. The number of amides is 2. The van der Waals surface area contributed by atoms with Gasteiger partial charge in [-0.25, -0.2) is 4.79 Å². The number of hydrogen-bond donors (Lipinski definition) is 2. The number of carbonyl (C=O) groups excluding carboxylic acids is 1. The molecular weight excluding hydrogens is 166 g/mol. The fourth-order valence-corrected chi connectivity index (χ4v) is 0.822. The lowest BCUT2D eigenvalue weighted by atomic mass is 10.2. The van der Waals surface area contributed by atoms with Crippen LogP contribution in [0.4, 0.5) is 10.5 Å². The monoisotopic (exact) mass is 175 g/mol. The lowest BCUT2D eigenvalue weighted by Crippen LogP contribution is -2.24. The third-order valence-electron chi connectivity index (χ3n) is 1.50. The Morgan fingerprint density at radius 1 is 1.38 bits per heavy atom. The van der Waals surface area contributed by atoms with E-state index >= 15 is 0 Å². The van der Waals surface area contributed by atoms with Crippen molar-refractivity contribution in [3.05, 3.63) is 29.8 Å². The summed E-state index contributed by atoms with van der Waals surface area (Å²) in [5.74, 6) is 0. The van der Waals surface area contributed by atoms with Gasteiger partial charge in [-0.15, -0.1) is 0 Å². The van der Waals surface area contributed by atoms with Crippen molar-refractivity contribution in [2.75, 3.05) is 12.4 Å². The van der Waals surface area contributed by atoms with Gasteiger partial charge in [0.1, 0.15) is 0 Å². The number of nitrogens with zero attached hydrogens (tertiary/aromatic N) is 1. The van der Waals surface area contributed by atoms with Gasteiger partial charge in [-0.3, -0.25) is 0 Å². The van der Waals surface area contributed by atoms with Crippen LogP contribution in [0, 0.1) is 11.3 Å². The average Bonchev–Trinajstić information content (AvgIpc) is 2.19. The molecule has 66 valence electrons. The average molecular weight is 175 g/mol. The van der Waals surface area contributed by atoms with Gasteiger partial charge >= 0.3 is 6.03 Å². The summed E-state index contributed by atoms with van der Waals surface area (Å²) < 4.78 is 0. The zero-order chi connectivity index (χ0) is 9.68. The highest BCUT2D eigenvalue weighted by Crippen LogP contribution is 2.07. The second kappa shape index (κ2) is 4.12. The fourth-order valence-electron chi connectivity index (χ4n) is 0.822. The molecule has 0 atom stereocenters. The molecule has 0 spiro atoms. The topological polar surface area (TPSA) is 64.9 Å². The van der Waals surface area contributed by atoms with Gasteiger partial charge in [-0.2, -0.15) is 5.26 Å². The van der Waals surface area contributed by atoms with Crippen LogP contribution in [0.5, 0.6) is 0 Å². The van der Waals surface area contributed by atoms with Crippen molar-refractivity contribution in [1.82, 2.24) is 5.32 Å². The summed E-state index contributed by atoms with van der Waals surface area (Å²) in [6.45, 7) is 0. The summed E-state index contributed by atoms with van der Waals surface area (Å²) in [6.07, 6.45) is 0. The first-order valence-electron chi connectivity index (χ1n) is 3.75. The Morgan fingerprint density at radius 2 is 2.00 bits per heavy atom. The van der Waals surface area contributed by atoms with Crippen LogP contribution in [-0.4, -0.2) is 13.1 Å². The molecule has 0 saturated heterocycles. The van der Waals surface area contributed by atoms with E-state index in [1.807, 2.05) is 6.07 Å². The van der Waals surface area contributed by atoms with Crippen LogP contribution < -0.4 is 10.6 Å². The largest absolute Gasteiger partial charge is 0.341 e.